The van der Waals surface area contributed by atoms with Crippen LogP contribution in [0.15, 0.2) is 89.0 Å². The maximum absolute atomic E-state index is 12.8. The van der Waals surface area contributed by atoms with Gasteiger partial charge in [0.1, 0.15) is 11.0 Å². The summed E-state index contributed by atoms with van der Waals surface area (Å²) in [6.45, 7) is 2.13. The molecule has 5 rings (SSSR count). The summed E-state index contributed by atoms with van der Waals surface area (Å²) >= 11 is 1.30. The number of hydrogen-bond donors (Lipinski definition) is 1. The number of rotatable bonds is 7. The lowest BCUT2D eigenvalue weighted by Gasteiger charge is -2.23. The molecule has 0 aliphatic carbocycles. The quantitative estimate of drug-likeness (QED) is 0.456. The molecule has 3 aromatic carbocycles. The summed E-state index contributed by atoms with van der Waals surface area (Å²) in [4.78, 5) is 29.8. The number of ether oxygens (including phenoxy) is 1. The van der Waals surface area contributed by atoms with Crippen molar-refractivity contribution in [3.63, 3.8) is 0 Å². The third-order valence-corrected chi connectivity index (χ3v) is 7.60. The van der Waals surface area contributed by atoms with E-state index >= 15 is 0 Å². The fourth-order valence-electron chi connectivity index (χ4n) is 4.39. The number of anilines is 1. The minimum absolute atomic E-state index is 0.0293. The Labute approximate surface area is 220 Å². The molecule has 0 bridgehead atoms. The summed E-state index contributed by atoms with van der Waals surface area (Å²) in [5.41, 5.74) is 5.02. The first-order valence-electron chi connectivity index (χ1n) is 12.3. The first-order chi connectivity index (χ1) is 18.0. The van der Waals surface area contributed by atoms with E-state index in [0.717, 1.165) is 23.3 Å². The van der Waals surface area contributed by atoms with Gasteiger partial charge in [0.25, 0.3) is 5.91 Å². The molecule has 2 heterocycles. The van der Waals surface area contributed by atoms with Gasteiger partial charge in [0.2, 0.25) is 5.91 Å². The summed E-state index contributed by atoms with van der Waals surface area (Å²) in [5, 5.41) is 9.55. The SMILES string of the molecule is CCc1ccc(C2CC(c3ccccc3)=NN2C2=NC(=O)C(CC(=O)Nc3ccc(OC)cc3)S2)cc1. The molecule has 0 spiro atoms. The van der Waals surface area contributed by atoms with Crippen LogP contribution in [0.3, 0.4) is 0 Å². The smallest absolute Gasteiger partial charge is 0.262 e. The van der Waals surface area contributed by atoms with Crippen LogP contribution >= 0.6 is 11.8 Å². The van der Waals surface area contributed by atoms with E-state index in [1.54, 1.807) is 31.4 Å². The summed E-state index contributed by atoms with van der Waals surface area (Å²) in [6.07, 6.45) is 1.70. The Kier molecular flexibility index (Phi) is 7.37. The zero-order valence-corrected chi connectivity index (χ0v) is 21.6. The number of amides is 2. The van der Waals surface area contributed by atoms with Crippen molar-refractivity contribution in [2.45, 2.75) is 37.5 Å². The van der Waals surface area contributed by atoms with Crippen LogP contribution < -0.4 is 10.1 Å². The van der Waals surface area contributed by atoms with Crippen molar-refractivity contribution < 1.29 is 14.3 Å². The molecule has 2 aliphatic rings. The number of aryl methyl sites for hydroxylation is 1. The Morgan fingerprint density at radius 3 is 2.46 bits per heavy atom. The van der Waals surface area contributed by atoms with Gasteiger partial charge in [-0.05, 0) is 47.4 Å². The van der Waals surface area contributed by atoms with Gasteiger partial charge in [-0.1, -0.05) is 73.3 Å². The second kappa shape index (κ2) is 11.0. The molecule has 0 radical (unpaired) electrons. The van der Waals surface area contributed by atoms with Crippen molar-refractivity contribution in [2.24, 2.45) is 10.1 Å². The minimum Gasteiger partial charge on any atom is -0.497 e. The van der Waals surface area contributed by atoms with E-state index in [1.807, 2.05) is 35.3 Å². The second-order valence-corrected chi connectivity index (χ2v) is 10.1. The highest BCUT2D eigenvalue weighted by atomic mass is 32.2. The zero-order chi connectivity index (χ0) is 25.8. The van der Waals surface area contributed by atoms with E-state index in [0.29, 0.717) is 23.0 Å². The van der Waals surface area contributed by atoms with Gasteiger partial charge >= 0.3 is 0 Å². The van der Waals surface area contributed by atoms with Gasteiger partial charge in [-0.2, -0.15) is 10.1 Å². The van der Waals surface area contributed by atoms with Gasteiger partial charge in [0, 0.05) is 18.5 Å². The number of nitrogens with zero attached hydrogens (tertiary/aromatic N) is 3. The molecule has 2 atom stereocenters. The highest BCUT2D eigenvalue weighted by Gasteiger charge is 2.39. The maximum Gasteiger partial charge on any atom is 0.262 e. The lowest BCUT2D eigenvalue weighted by molar-refractivity contribution is -0.121. The molecule has 2 aliphatic heterocycles. The molecular formula is C29H28N4O3S. The maximum atomic E-state index is 12.8. The molecular weight excluding hydrogens is 484 g/mol. The molecule has 7 nitrogen and oxygen atoms in total. The molecule has 2 unspecified atom stereocenters. The fraction of sp³-hybridized carbons (Fsp3) is 0.241. The predicted molar refractivity (Wildman–Crippen MR) is 148 cm³/mol. The molecule has 188 valence electrons. The number of thioether (sulfide) groups is 1. The number of methoxy groups -OCH3 is 1. The number of hydrazone groups is 1. The molecule has 3 aromatic rings. The number of aliphatic imine (C=N–C) groups is 1. The average molecular weight is 513 g/mol. The van der Waals surface area contributed by atoms with Crippen molar-refractivity contribution in [3.05, 3.63) is 95.6 Å². The van der Waals surface area contributed by atoms with E-state index in [4.69, 9.17) is 9.84 Å². The molecule has 1 N–H and O–H groups in total. The van der Waals surface area contributed by atoms with Gasteiger partial charge in [0.05, 0.1) is 18.9 Å². The minimum atomic E-state index is -0.590. The number of carbonyl (C=O) groups excluding carboxylic acids is 2. The average Bonchev–Trinajstić information content (AvgIpc) is 3.53. The van der Waals surface area contributed by atoms with Crippen LogP contribution in [0.25, 0.3) is 0 Å². The van der Waals surface area contributed by atoms with Gasteiger partial charge in [-0.3, -0.25) is 9.59 Å². The van der Waals surface area contributed by atoms with Crippen molar-refractivity contribution in [1.82, 2.24) is 5.01 Å². The highest BCUT2D eigenvalue weighted by Crippen LogP contribution is 2.38. The molecule has 0 aromatic heterocycles. The topological polar surface area (TPSA) is 83.4 Å². The van der Waals surface area contributed by atoms with Crippen LogP contribution in [-0.4, -0.2) is 40.1 Å². The van der Waals surface area contributed by atoms with E-state index in [2.05, 4.69) is 41.5 Å². The number of carbonyl (C=O) groups is 2. The van der Waals surface area contributed by atoms with Crippen LogP contribution in [-0.2, 0) is 16.0 Å². The van der Waals surface area contributed by atoms with Gasteiger partial charge < -0.3 is 10.1 Å². The van der Waals surface area contributed by atoms with Crippen molar-refractivity contribution in [1.29, 1.82) is 0 Å². The van der Waals surface area contributed by atoms with Crippen LogP contribution in [0.4, 0.5) is 5.69 Å². The summed E-state index contributed by atoms with van der Waals surface area (Å²) in [5.74, 6) is 0.153. The van der Waals surface area contributed by atoms with Crippen molar-refractivity contribution >= 4 is 40.1 Å². The van der Waals surface area contributed by atoms with Crippen LogP contribution in [0, 0.1) is 0 Å². The second-order valence-electron chi connectivity index (χ2n) is 8.89. The van der Waals surface area contributed by atoms with Gasteiger partial charge in [-0.15, -0.1) is 0 Å². The predicted octanol–water partition coefficient (Wildman–Crippen LogP) is 5.44. The Bertz CT molecular complexity index is 1340. The number of benzene rings is 3. The number of nitrogens with one attached hydrogen (secondary N) is 1. The Hall–Kier alpha value is -3.91. The Balaban J connectivity index is 1.32. The third kappa shape index (κ3) is 5.59. The van der Waals surface area contributed by atoms with Gasteiger partial charge in [-0.25, -0.2) is 5.01 Å². The van der Waals surface area contributed by atoms with Crippen LogP contribution in [0.1, 0.15) is 42.5 Å². The largest absolute Gasteiger partial charge is 0.497 e. The van der Waals surface area contributed by atoms with E-state index < -0.39 is 5.25 Å². The molecule has 37 heavy (non-hydrogen) atoms. The van der Waals surface area contributed by atoms with Gasteiger partial charge in [0.15, 0.2) is 5.17 Å². The Morgan fingerprint density at radius 2 is 1.78 bits per heavy atom. The van der Waals surface area contributed by atoms with Crippen LogP contribution in [0.2, 0.25) is 0 Å². The highest BCUT2D eigenvalue weighted by molar-refractivity contribution is 8.15. The molecule has 0 fully saturated rings. The monoisotopic (exact) mass is 512 g/mol. The lowest BCUT2D eigenvalue weighted by Crippen LogP contribution is -2.25. The van der Waals surface area contributed by atoms with Crippen molar-refractivity contribution in [3.8, 4) is 5.75 Å². The first-order valence-corrected chi connectivity index (χ1v) is 13.2. The molecule has 8 heteroatoms. The summed E-state index contributed by atoms with van der Waals surface area (Å²) in [7, 11) is 1.59. The molecule has 0 saturated heterocycles. The van der Waals surface area contributed by atoms with E-state index in [1.165, 1.54) is 17.3 Å². The first kappa shape index (κ1) is 24.8. The fourth-order valence-corrected chi connectivity index (χ4v) is 5.45. The Morgan fingerprint density at radius 1 is 1.05 bits per heavy atom. The summed E-state index contributed by atoms with van der Waals surface area (Å²) in [6, 6.07) is 25.6. The van der Waals surface area contributed by atoms with E-state index in [9.17, 15) is 9.59 Å². The number of hydrogen-bond acceptors (Lipinski definition) is 6. The molecule has 2 amide bonds. The lowest BCUT2D eigenvalue weighted by atomic mass is 9.97. The zero-order valence-electron chi connectivity index (χ0n) is 20.8. The molecule has 0 saturated carbocycles. The van der Waals surface area contributed by atoms with E-state index in [-0.39, 0.29) is 24.3 Å². The van der Waals surface area contributed by atoms with Crippen LogP contribution in [0.5, 0.6) is 5.75 Å². The summed E-state index contributed by atoms with van der Waals surface area (Å²) < 4.78 is 5.15. The third-order valence-electron chi connectivity index (χ3n) is 6.46. The van der Waals surface area contributed by atoms with Crippen molar-refractivity contribution in [2.75, 3.05) is 12.4 Å². The standard InChI is InChI=1S/C29H28N4O3S/c1-3-19-9-11-21(12-10-19)25-17-24(20-7-5-4-6-8-20)32-33(25)29-31-28(35)26(37-29)18-27(34)30-22-13-15-23(36-2)16-14-22/h4-16,25-26H,3,17-18H2,1-2H3,(H,30,34). The number of amidine groups is 1. The normalized spacial score (nSPS) is 19.0.